The molecule has 0 spiro atoms. The highest BCUT2D eigenvalue weighted by molar-refractivity contribution is 6.10. The third-order valence-corrected chi connectivity index (χ3v) is 13.0. The lowest BCUT2D eigenvalue weighted by molar-refractivity contribution is 0.660. The Morgan fingerprint density at radius 2 is 0.754 bits per heavy atom. The van der Waals surface area contributed by atoms with Crippen LogP contribution in [0.15, 0.2) is 218 Å². The van der Waals surface area contributed by atoms with Gasteiger partial charge in [0.2, 0.25) is 0 Å². The highest BCUT2D eigenvalue weighted by atomic mass is 15.1. The summed E-state index contributed by atoms with van der Waals surface area (Å²) in [4.78, 5) is 2.39. The van der Waals surface area contributed by atoms with E-state index in [0.717, 1.165) is 28.2 Å². The molecule has 0 unspecified atom stereocenters. The van der Waals surface area contributed by atoms with Gasteiger partial charge < -0.3 is 9.47 Å². The Balaban J connectivity index is 0.921. The van der Waals surface area contributed by atoms with Gasteiger partial charge in [0.1, 0.15) is 0 Å². The molecule has 0 N–H and O–H groups in total. The smallest absolute Gasteiger partial charge is 0.0541 e. The number of benzene rings is 9. The maximum absolute atomic E-state index is 2.41. The van der Waals surface area contributed by atoms with Gasteiger partial charge in [-0.1, -0.05) is 202 Å². The number of rotatable bonds is 10. The molecule has 0 bridgehead atoms. The molecule has 2 heteroatoms. The molecular weight excluding hydrogens is 785 g/mol. The van der Waals surface area contributed by atoms with E-state index < -0.39 is 0 Å². The first-order chi connectivity index (χ1) is 32.0. The van der Waals surface area contributed by atoms with Crippen molar-refractivity contribution in [2.75, 3.05) is 4.90 Å². The summed E-state index contributed by atoms with van der Waals surface area (Å²) in [6.07, 6.45) is 13.2. The van der Waals surface area contributed by atoms with E-state index in [1.165, 1.54) is 72.0 Å². The maximum Gasteiger partial charge on any atom is 0.0541 e. The van der Waals surface area contributed by atoms with E-state index in [-0.39, 0.29) is 5.41 Å². The van der Waals surface area contributed by atoms with E-state index in [9.17, 15) is 0 Å². The van der Waals surface area contributed by atoms with E-state index in [0.29, 0.717) is 0 Å². The molecule has 9 aromatic carbocycles. The molecule has 10 aromatic rings. The van der Waals surface area contributed by atoms with E-state index in [1.807, 2.05) is 0 Å². The summed E-state index contributed by atoms with van der Waals surface area (Å²) in [5.74, 6) is 0. The van der Waals surface area contributed by atoms with Crippen LogP contribution in [0, 0.1) is 0 Å². The molecule has 2 nitrogen and oxygen atoms in total. The Kier molecular flexibility index (Phi) is 10.3. The minimum absolute atomic E-state index is 0.177. The molecule has 1 aromatic heterocycles. The van der Waals surface area contributed by atoms with Crippen LogP contribution in [0.25, 0.3) is 75.1 Å². The van der Waals surface area contributed by atoms with Crippen LogP contribution in [0.5, 0.6) is 0 Å². The van der Waals surface area contributed by atoms with Gasteiger partial charge in [0.25, 0.3) is 0 Å². The van der Waals surface area contributed by atoms with E-state index >= 15 is 0 Å². The van der Waals surface area contributed by atoms with Crippen LogP contribution in [0.1, 0.15) is 58.4 Å². The summed E-state index contributed by atoms with van der Waals surface area (Å²) in [5.41, 5.74) is 19.1. The Hall–Kier alpha value is -8.20. The molecule has 11 rings (SSSR count). The van der Waals surface area contributed by atoms with Gasteiger partial charge in [0, 0.05) is 38.9 Å². The highest BCUT2D eigenvalue weighted by Gasteiger charge is 2.36. The van der Waals surface area contributed by atoms with Crippen LogP contribution in [0.4, 0.5) is 17.1 Å². The Labute approximate surface area is 382 Å². The topological polar surface area (TPSA) is 8.17 Å². The molecule has 0 radical (unpaired) electrons. The molecule has 0 aliphatic heterocycles. The monoisotopic (exact) mass is 832 g/mol. The largest absolute Gasteiger partial charge is 0.310 e. The van der Waals surface area contributed by atoms with E-state index in [2.05, 4.69) is 278 Å². The fourth-order valence-corrected chi connectivity index (χ4v) is 9.56. The Morgan fingerprint density at radius 1 is 0.338 bits per heavy atom. The first-order valence-corrected chi connectivity index (χ1v) is 22.5. The average Bonchev–Trinajstić information content (AvgIpc) is 3.81. The molecule has 0 atom stereocenters. The normalized spacial score (nSPS) is 13.0. The van der Waals surface area contributed by atoms with Crippen LogP contribution >= 0.6 is 0 Å². The zero-order valence-electron chi connectivity index (χ0n) is 36.6. The van der Waals surface area contributed by atoms with Gasteiger partial charge in [0.05, 0.1) is 11.0 Å². The predicted octanol–water partition coefficient (Wildman–Crippen LogP) is 17.1. The van der Waals surface area contributed by atoms with Crippen molar-refractivity contribution < 1.29 is 0 Å². The van der Waals surface area contributed by atoms with Crippen LogP contribution < -0.4 is 4.90 Å². The second kappa shape index (κ2) is 16.8. The fraction of sp³-hybridized carbons (Fsp3) is 0.0476. The van der Waals surface area contributed by atoms with E-state index in [4.69, 9.17) is 0 Å². The van der Waals surface area contributed by atoms with Crippen molar-refractivity contribution in [1.29, 1.82) is 0 Å². The lowest BCUT2D eigenvalue weighted by Crippen LogP contribution is -2.16. The zero-order chi connectivity index (χ0) is 43.7. The number of hydrogen-bond donors (Lipinski definition) is 0. The van der Waals surface area contributed by atoms with Crippen molar-refractivity contribution in [3.63, 3.8) is 0 Å². The molecule has 0 amide bonds. The first kappa shape index (κ1) is 39.6. The first-order valence-electron chi connectivity index (χ1n) is 22.5. The lowest BCUT2D eigenvalue weighted by atomic mass is 9.81. The van der Waals surface area contributed by atoms with Gasteiger partial charge in [0.15, 0.2) is 0 Å². The predicted molar refractivity (Wildman–Crippen MR) is 279 cm³/mol. The van der Waals surface area contributed by atoms with Crippen LogP contribution in [-0.4, -0.2) is 4.57 Å². The Morgan fingerprint density at radius 3 is 1.35 bits per heavy atom. The van der Waals surface area contributed by atoms with Crippen molar-refractivity contribution in [3.05, 3.63) is 263 Å². The van der Waals surface area contributed by atoms with Crippen molar-refractivity contribution in [1.82, 2.24) is 4.57 Å². The summed E-state index contributed by atoms with van der Waals surface area (Å²) in [6.45, 7) is 4.73. The molecule has 310 valence electrons. The molecule has 1 aliphatic carbocycles. The Bertz CT molecular complexity index is 3410. The summed E-state index contributed by atoms with van der Waals surface area (Å²) in [7, 11) is 0. The fourth-order valence-electron chi connectivity index (χ4n) is 9.56. The van der Waals surface area contributed by atoms with Gasteiger partial charge in [-0.05, 0) is 122 Å². The number of para-hydroxylation sites is 2. The number of aromatic nitrogens is 1. The van der Waals surface area contributed by atoms with Crippen LogP contribution in [-0.2, 0) is 5.41 Å². The second-order valence-corrected chi connectivity index (χ2v) is 17.5. The van der Waals surface area contributed by atoms with E-state index in [1.54, 1.807) is 0 Å². The number of nitrogens with zero attached hydrogens (tertiary/aromatic N) is 2. The van der Waals surface area contributed by atoms with Crippen LogP contribution in [0.3, 0.4) is 0 Å². The summed E-state index contributed by atoms with van der Waals surface area (Å²) < 4.78 is 2.36. The minimum Gasteiger partial charge on any atom is -0.310 e. The van der Waals surface area contributed by atoms with Crippen molar-refractivity contribution in [2.45, 2.75) is 19.3 Å². The van der Waals surface area contributed by atoms with Crippen molar-refractivity contribution in [3.8, 4) is 16.8 Å². The average molecular weight is 833 g/mol. The zero-order valence-corrected chi connectivity index (χ0v) is 36.6. The van der Waals surface area contributed by atoms with Crippen LogP contribution in [0.2, 0.25) is 0 Å². The SMILES string of the molecule is CC1(C)c2cc(C=Cc3ccccc3)ccc2-c2ccc(N(c3ccc(C=Cc4ccccc4)cc3)c3ccc(C=Cc4ccc5c(c4)c4ccccc4n5-c4ccccc4)cc3)cc21. The van der Waals surface area contributed by atoms with Gasteiger partial charge in [-0.15, -0.1) is 0 Å². The minimum atomic E-state index is -0.177. The maximum atomic E-state index is 2.41. The number of anilines is 3. The number of fused-ring (bicyclic) bond motifs is 6. The molecule has 0 saturated heterocycles. The number of hydrogen-bond acceptors (Lipinski definition) is 1. The third kappa shape index (κ3) is 7.70. The highest BCUT2D eigenvalue weighted by Crippen LogP contribution is 2.51. The summed E-state index contributed by atoms with van der Waals surface area (Å²) in [6, 6.07) is 78.9. The summed E-state index contributed by atoms with van der Waals surface area (Å²) >= 11 is 0. The quantitative estimate of drug-likeness (QED) is 0.125. The van der Waals surface area contributed by atoms with Crippen molar-refractivity contribution >= 4 is 75.3 Å². The summed E-state index contributed by atoms with van der Waals surface area (Å²) in [5, 5.41) is 2.51. The molecule has 0 saturated carbocycles. The van der Waals surface area contributed by atoms with Crippen molar-refractivity contribution in [2.24, 2.45) is 0 Å². The van der Waals surface area contributed by atoms with Gasteiger partial charge in [-0.3, -0.25) is 0 Å². The second-order valence-electron chi connectivity index (χ2n) is 17.5. The molecule has 1 aliphatic rings. The molecule has 65 heavy (non-hydrogen) atoms. The molecule has 1 heterocycles. The van der Waals surface area contributed by atoms with Gasteiger partial charge in [-0.2, -0.15) is 0 Å². The lowest BCUT2D eigenvalue weighted by Gasteiger charge is -2.28. The van der Waals surface area contributed by atoms with Gasteiger partial charge in [-0.25, -0.2) is 0 Å². The van der Waals surface area contributed by atoms with Gasteiger partial charge >= 0.3 is 0 Å². The standard InChI is InChI=1S/C63H48N2/c1-63(2)59-43-50(27-24-46-16-8-4-9-17-46)32-39-55(59)56-40-38-54(44-60(56)63)64(52-34-28-47(29-35-52)23-22-45-14-6-3-7-15-45)53-36-30-48(31-37-53)25-26-49-33-41-62-58(42-49)57-20-12-13-21-61(57)65(62)51-18-10-5-11-19-51/h3-44H,1-2H3. The third-order valence-electron chi connectivity index (χ3n) is 13.0. The molecular formula is C63H48N2. The molecule has 0 fully saturated rings.